The van der Waals surface area contributed by atoms with E-state index < -0.39 is 0 Å². The summed E-state index contributed by atoms with van der Waals surface area (Å²) in [7, 11) is 0. The standard InChI is InChI=1S/C11H19NO2S/c13-9-11(2-1-5-14-10-11)8-12-3-6-15-7-4-12/h9H,1-8,10H2. The highest BCUT2D eigenvalue weighted by Gasteiger charge is 2.34. The Labute approximate surface area is 95.5 Å². The zero-order valence-corrected chi connectivity index (χ0v) is 9.93. The van der Waals surface area contributed by atoms with Crippen LogP contribution in [0.5, 0.6) is 0 Å². The topological polar surface area (TPSA) is 29.5 Å². The van der Waals surface area contributed by atoms with Crippen molar-refractivity contribution in [3.63, 3.8) is 0 Å². The molecule has 1 atom stereocenters. The molecule has 0 aromatic heterocycles. The molecule has 0 saturated carbocycles. The molecule has 0 aliphatic carbocycles. The highest BCUT2D eigenvalue weighted by atomic mass is 32.2. The van der Waals surface area contributed by atoms with Crippen LogP contribution in [0.15, 0.2) is 0 Å². The van der Waals surface area contributed by atoms with Crippen LogP contribution < -0.4 is 0 Å². The van der Waals surface area contributed by atoms with Crippen molar-refractivity contribution in [3.05, 3.63) is 0 Å². The molecular formula is C11H19NO2S. The zero-order valence-electron chi connectivity index (χ0n) is 9.11. The number of ether oxygens (including phenoxy) is 1. The third kappa shape index (κ3) is 2.95. The average Bonchev–Trinajstić information content (AvgIpc) is 2.32. The van der Waals surface area contributed by atoms with Gasteiger partial charge in [-0.3, -0.25) is 0 Å². The summed E-state index contributed by atoms with van der Waals surface area (Å²) >= 11 is 2.01. The fraction of sp³-hybridized carbons (Fsp3) is 0.909. The third-order valence-electron chi connectivity index (χ3n) is 3.25. The Morgan fingerprint density at radius 3 is 2.80 bits per heavy atom. The van der Waals surface area contributed by atoms with E-state index in [0.717, 1.165) is 45.4 Å². The molecule has 86 valence electrons. The molecule has 0 aromatic rings. The summed E-state index contributed by atoms with van der Waals surface area (Å²) in [4.78, 5) is 13.7. The molecule has 0 bridgehead atoms. The van der Waals surface area contributed by atoms with Gasteiger partial charge in [-0.1, -0.05) is 0 Å². The maximum atomic E-state index is 11.2. The lowest BCUT2D eigenvalue weighted by atomic mass is 9.83. The predicted molar refractivity (Wildman–Crippen MR) is 62.3 cm³/mol. The van der Waals surface area contributed by atoms with Crippen LogP contribution in [0.4, 0.5) is 0 Å². The van der Waals surface area contributed by atoms with E-state index in [1.165, 1.54) is 11.5 Å². The van der Waals surface area contributed by atoms with E-state index in [-0.39, 0.29) is 5.41 Å². The average molecular weight is 229 g/mol. The smallest absolute Gasteiger partial charge is 0.129 e. The van der Waals surface area contributed by atoms with Crippen LogP contribution in [0.2, 0.25) is 0 Å². The number of nitrogens with zero attached hydrogens (tertiary/aromatic N) is 1. The number of hydrogen-bond acceptors (Lipinski definition) is 4. The number of rotatable bonds is 3. The lowest BCUT2D eigenvalue weighted by Crippen LogP contribution is -2.46. The second kappa shape index (κ2) is 5.32. The van der Waals surface area contributed by atoms with Crippen molar-refractivity contribution < 1.29 is 9.53 Å². The van der Waals surface area contributed by atoms with Gasteiger partial charge < -0.3 is 14.4 Å². The Morgan fingerprint density at radius 2 is 2.20 bits per heavy atom. The van der Waals surface area contributed by atoms with E-state index in [1.807, 2.05) is 11.8 Å². The summed E-state index contributed by atoms with van der Waals surface area (Å²) in [5.74, 6) is 2.41. The Morgan fingerprint density at radius 1 is 1.40 bits per heavy atom. The van der Waals surface area contributed by atoms with Gasteiger partial charge in [0.05, 0.1) is 12.0 Å². The van der Waals surface area contributed by atoms with Crippen molar-refractivity contribution in [2.24, 2.45) is 5.41 Å². The summed E-state index contributed by atoms with van der Waals surface area (Å²) in [5, 5.41) is 0. The van der Waals surface area contributed by atoms with Crippen molar-refractivity contribution in [2.45, 2.75) is 12.8 Å². The van der Waals surface area contributed by atoms with Crippen molar-refractivity contribution in [1.82, 2.24) is 4.90 Å². The molecule has 3 nitrogen and oxygen atoms in total. The normalized spacial score (nSPS) is 33.9. The van der Waals surface area contributed by atoms with E-state index in [4.69, 9.17) is 4.74 Å². The second-order valence-electron chi connectivity index (χ2n) is 4.52. The van der Waals surface area contributed by atoms with Crippen molar-refractivity contribution in [1.29, 1.82) is 0 Å². The van der Waals surface area contributed by atoms with Gasteiger partial charge in [-0.15, -0.1) is 0 Å². The van der Waals surface area contributed by atoms with Gasteiger partial charge in [0.25, 0.3) is 0 Å². The van der Waals surface area contributed by atoms with Gasteiger partial charge in [0, 0.05) is 37.7 Å². The number of hydrogen-bond donors (Lipinski definition) is 0. The lowest BCUT2D eigenvalue weighted by molar-refractivity contribution is -0.125. The molecule has 2 rings (SSSR count). The van der Waals surface area contributed by atoms with Crippen molar-refractivity contribution >= 4 is 18.0 Å². The summed E-state index contributed by atoms with van der Waals surface area (Å²) in [6, 6.07) is 0. The summed E-state index contributed by atoms with van der Waals surface area (Å²) < 4.78 is 5.45. The number of thioether (sulfide) groups is 1. The van der Waals surface area contributed by atoms with Crippen LogP contribution in [-0.2, 0) is 9.53 Å². The predicted octanol–water partition coefficient (Wildman–Crippen LogP) is 1.03. The van der Waals surface area contributed by atoms with E-state index in [2.05, 4.69) is 4.90 Å². The summed E-state index contributed by atoms with van der Waals surface area (Å²) in [5.41, 5.74) is -0.208. The van der Waals surface area contributed by atoms with E-state index >= 15 is 0 Å². The quantitative estimate of drug-likeness (QED) is 0.676. The maximum absolute atomic E-state index is 11.2. The molecule has 15 heavy (non-hydrogen) atoms. The highest BCUT2D eigenvalue weighted by molar-refractivity contribution is 7.99. The molecule has 2 saturated heterocycles. The Hall–Kier alpha value is -0.0600. The van der Waals surface area contributed by atoms with Gasteiger partial charge in [0.15, 0.2) is 0 Å². The minimum Gasteiger partial charge on any atom is -0.380 e. The van der Waals surface area contributed by atoms with Crippen LogP contribution in [0, 0.1) is 5.41 Å². The van der Waals surface area contributed by atoms with Gasteiger partial charge in [-0.2, -0.15) is 11.8 Å². The molecule has 2 heterocycles. The monoisotopic (exact) mass is 229 g/mol. The highest BCUT2D eigenvalue weighted by Crippen LogP contribution is 2.28. The van der Waals surface area contributed by atoms with Gasteiger partial charge in [0.1, 0.15) is 6.29 Å². The lowest BCUT2D eigenvalue weighted by Gasteiger charge is -2.38. The van der Waals surface area contributed by atoms with Crippen molar-refractivity contribution in [2.75, 3.05) is 44.4 Å². The van der Waals surface area contributed by atoms with Crippen LogP contribution in [-0.4, -0.2) is 55.5 Å². The zero-order chi connectivity index (χ0) is 10.6. The number of aldehydes is 1. The van der Waals surface area contributed by atoms with Crippen LogP contribution in [0.3, 0.4) is 0 Å². The molecule has 2 fully saturated rings. The molecule has 0 spiro atoms. The molecule has 0 radical (unpaired) electrons. The summed E-state index contributed by atoms with van der Waals surface area (Å²) in [6.45, 7) is 4.60. The van der Waals surface area contributed by atoms with Gasteiger partial charge in [-0.05, 0) is 12.8 Å². The Balaban J connectivity index is 1.90. The van der Waals surface area contributed by atoms with Gasteiger partial charge in [0.2, 0.25) is 0 Å². The van der Waals surface area contributed by atoms with Gasteiger partial charge in [-0.25, -0.2) is 0 Å². The first-order chi connectivity index (χ1) is 7.35. The molecule has 4 heteroatoms. The van der Waals surface area contributed by atoms with Crippen LogP contribution in [0.25, 0.3) is 0 Å². The molecule has 2 aliphatic heterocycles. The minimum atomic E-state index is -0.208. The van der Waals surface area contributed by atoms with Gasteiger partial charge >= 0.3 is 0 Å². The molecule has 0 aromatic carbocycles. The SMILES string of the molecule is O=CC1(CN2CCSCC2)CCCOC1. The third-order valence-corrected chi connectivity index (χ3v) is 4.19. The van der Waals surface area contributed by atoms with E-state index in [0.29, 0.717) is 6.61 Å². The molecule has 0 amide bonds. The second-order valence-corrected chi connectivity index (χ2v) is 5.75. The fourth-order valence-corrected chi connectivity index (χ4v) is 3.31. The van der Waals surface area contributed by atoms with Crippen LogP contribution >= 0.6 is 11.8 Å². The van der Waals surface area contributed by atoms with E-state index in [9.17, 15) is 4.79 Å². The first-order valence-corrected chi connectivity index (χ1v) is 6.84. The first-order valence-electron chi connectivity index (χ1n) is 5.69. The number of carbonyl (C=O) groups is 1. The number of carbonyl (C=O) groups excluding carboxylic acids is 1. The Bertz CT molecular complexity index is 211. The van der Waals surface area contributed by atoms with Crippen LogP contribution in [0.1, 0.15) is 12.8 Å². The molecule has 2 aliphatic rings. The molecular weight excluding hydrogens is 210 g/mol. The molecule has 0 N–H and O–H groups in total. The largest absolute Gasteiger partial charge is 0.380 e. The molecule has 1 unspecified atom stereocenters. The van der Waals surface area contributed by atoms with Crippen molar-refractivity contribution in [3.8, 4) is 0 Å². The fourth-order valence-electron chi connectivity index (χ4n) is 2.33. The first kappa shape index (κ1) is 11.4. The minimum absolute atomic E-state index is 0.208. The maximum Gasteiger partial charge on any atom is 0.129 e. The Kier molecular flexibility index (Phi) is 4.05. The summed E-state index contributed by atoms with van der Waals surface area (Å²) in [6.07, 6.45) is 3.16. The van der Waals surface area contributed by atoms with E-state index in [1.54, 1.807) is 0 Å².